The van der Waals surface area contributed by atoms with E-state index in [0.29, 0.717) is 0 Å². The highest BCUT2D eigenvalue weighted by Crippen LogP contribution is 2.41. The van der Waals surface area contributed by atoms with E-state index >= 15 is 0 Å². The first-order valence-electron chi connectivity index (χ1n) is 10.5. The molecule has 2 nitrogen and oxygen atoms in total. The molecule has 27 heavy (non-hydrogen) atoms. The highest BCUT2D eigenvalue weighted by molar-refractivity contribution is 5.78. The number of carbonyl (C=O) groups excluding carboxylic acids is 1. The monoisotopic (exact) mass is 372 g/mol. The van der Waals surface area contributed by atoms with Crippen molar-refractivity contribution in [3.8, 4) is 5.75 Å². The van der Waals surface area contributed by atoms with Crippen molar-refractivity contribution in [2.45, 2.75) is 98.8 Å². The van der Waals surface area contributed by atoms with Gasteiger partial charge < -0.3 is 4.74 Å². The van der Waals surface area contributed by atoms with Gasteiger partial charge >= 0.3 is 5.97 Å². The Labute approximate surface area is 167 Å². The molecule has 1 aromatic carbocycles. The highest BCUT2D eigenvalue weighted by Gasteiger charge is 2.29. The molecule has 0 spiro atoms. The van der Waals surface area contributed by atoms with Crippen molar-refractivity contribution in [3.05, 3.63) is 41.0 Å². The molecule has 0 aromatic heterocycles. The molecule has 0 heterocycles. The van der Waals surface area contributed by atoms with E-state index in [1.54, 1.807) is 0 Å². The SMILES string of the molecule is CCCC/C=C/[C@@H](CC)C(=O)Oc1c(C(C)(C)C)cc(C)cc1C(C)(C)C. The van der Waals surface area contributed by atoms with Crippen molar-refractivity contribution in [2.24, 2.45) is 5.92 Å². The lowest BCUT2D eigenvalue weighted by molar-refractivity contribution is -0.137. The third-order valence-corrected chi connectivity index (χ3v) is 4.89. The van der Waals surface area contributed by atoms with Gasteiger partial charge in [-0.3, -0.25) is 4.79 Å². The Balaban J connectivity index is 3.31. The average Bonchev–Trinajstić information content (AvgIpc) is 2.54. The molecule has 2 heteroatoms. The van der Waals surface area contributed by atoms with Crippen LogP contribution in [-0.4, -0.2) is 5.97 Å². The molecule has 1 aromatic rings. The summed E-state index contributed by atoms with van der Waals surface area (Å²) in [7, 11) is 0. The van der Waals surface area contributed by atoms with Crippen LogP contribution in [0.3, 0.4) is 0 Å². The number of allylic oxidation sites excluding steroid dienone is 1. The molecular weight excluding hydrogens is 332 g/mol. The molecule has 0 radical (unpaired) electrons. The predicted octanol–water partition coefficient (Wildman–Crippen LogP) is 7.27. The second-order valence-corrected chi connectivity index (χ2v) is 9.70. The van der Waals surface area contributed by atoms with Crippen LogP contribution in [0.1, 0.15) is 97.8 Å². The summed E-state index contributed by atoms with van der Waals surface area (Å²) >= 11 is 0. The van der Waals surface area contributed by atoms with Gasteiger partial charge in [-0.05, 0) is 30.6 Å². The van der Waals surface area contributed by atoms with Crippen molar-refractivity contribution in [2.75, 3.05) is 0 Å². The molecule has 1 rings (SSSR count). The Hall–Kier alpha value is -1.57. The molecule has 0 unspecified atom stereocenters. The van der Waals surface area contributed by atoms with Gasteiger partial charge in [0.25, 0.3) is 0 Å². The maximum atomic E-state index is 13.0. The quantitative estimate of drug-likeness (QED) is 0.218. The van der Waals surface area contributed by atoms with E-state index in [4.69, 9.17) is 4.74 Å². The van der Waals surface area contributed by atoms with Gasteiger partial charge in [-0.2, -0.15) is 0 Å². The van der Waals surface area contributed by atoms with E-state index in [2.05, 4.69) is 73.6 Å². The Kier molecular flexibility index (Phi) is 8.32. The van der Waals surface area contributed by atoms with Crippen LogP contribution < -0.4 is 4.74 Å². The first kappa shape index (κ1) is 23.5. The van der Waals surface area contributed by atoms with Crippen molar-refractivity contribution < 1.29 is 9.53 Å². The minimum Gasteiger partial charge on any atom is -0.425 e. The van der Waals surface area contributed by atoms with E-state index in [1.165, 1.54) is 12.0 Å². The van der Waals surface area contributed by atoms with Crippen molar-refractivity contribution in [1.29, 1.82) is 0 Å². The Morgan fingerprint density at radius 1 is 1.04 bits per heavy atom. The highest BCUT2D eigenvalue weighted by atomic mass is 16.5. The Morgan fingerprint density at radius 2 is 1.56 bits per heavy atom. The number of unbranched alkanes of at least 4 members (excludes halogenated alkanes) is 2. The van der Waals surface area contributed by atoms with Crippen LogP contribution >= 0.6 is 0 Å². The Bertz CT molecular complexity index is 619. The summed E-state index contributed by atoms with van der Waals surface area (Å²) in [5, 5.41) is 0. The normalized spacial score (nSPS) is 13.8. The zero-order valence-electron chi connectivity index (χ0n) is 19.0. The Morgan fingerprint density at radius 3 is 1.96 bits per heavy atom. The standard InChI is InChI=1S/C25H40O2/c1-10-12-13-14-15-19(11-2)23(26)27-22-20(24(4,5)6)16-18(3)17-21(22)25(7,8)9/h14-17,19H,10-13H2,1-9H3/b15-14+/t19-/m1/s1. The van der Waals surface area contributed by atoms with E-state index in [0.717, 1.165) is 36.1 Å². The minimum atomic E-state index is -0.191. The summed E-state index contributed by atoms with van der Waals surface area (Å²) in [4.78, 5) is 13.0. The first-order chi connectivity index (χ1) is 12.4. The van der Waals surface area contributed by atoms with Crippen molar-refractivity contribution >= 4 is 5.97 Å². The van der Waals surface area contributed by atoms with E-state index in [-0.39, 0.29) is 22.7 Å². The smallest absolute Gasteiger partial charge is 0.318 e. The summed E-state index contributed by atoms with van der Waals surface area (Å²) < 4.78 is 6.10. The number of rotatable bonds is 7. The van der Waals surface area contributed by atoms with E-state index in [1.807, 2.05) is 13.0 Å². The van der Waals surface area contributed by atoms with Gasteiger partial charge in [0.1, 0.15) is 5.75 Å². The largest absolute Gasteiger partial charge is 0.425 e. The molecule has 0 saturated carbocycles. The molecule has 0 amide bonds. The molecule has 0 saturated heterocycles. The fourth-order valence-electron chi connectivity index (χ4n) is 3.14. The summed E-state index contributed by atoms with van der Waals surface area (Å²) in [5.74, 6) is 0.417. The van der Waals surface area contributed by atoms with Crippen molar-refractivity contribution in [1.82, 2.24) is 0 Å². The van der Waals surface area contributed by atoms with Gasteiger partial charge in [0, 0.05) is 11.1 Å². The average molecular weight is 373 g/mol. The summed E-state index contributed by atoms with van der Waals surface area (Å²) in [5.41, 5.74) is 3.22. The van der Waals surface area contributed by atoms with Crippen LogP contribution in [0.25, 0.3) is 0 Å². The molecule has 0 aliphatic rings. The molecule has 0 aliphatic carbocycles. The van der Waals surface area contributed by atoms with Crippen LogP contribution in [0.2, 0.25) is 0 Å². The molecule has 0 bridgehead atoms. The van der Waals surface area contributed by atoms with Crippen LogP contribution in [0.15, 0.2) is 24.3 Å². The van der Waals surface area contributed by atoms with Crippen molar-refractivity contribution in [3.63, 3.8) is 0 Å². The van der Waals surface area contributed by atoms with E-state index < -0.39 is 0 Å². The summed E-state index contributed by atoms with van der Waals surface area (Å²) in [6.07, 6.45) is 8.25. The molecule has 0 aliphatic heterocycles. The molecular formula is C25H40O2. The lowest BCUT2D eigenvalue weighted by atomic mass is 9.78. The van der Waals surface area contributed by atoms with Gasteiger partial charge in [-0.1, -0.05) is 98.1 Å². The van der Waals surface area contributed by atoms with Crippen LogP contribution in [-0.2, 0) is 15.6 Å². The van der Waals surface area contributed by atoms with Crippen LogP contribution in [0, 0.1) is 12.8 Å². The molecule has 0 fully saturated rings. The molecule has 0 N–H and O–H groups in total. The minimum absolute atomic E-state index is 0.0969. The maximum absolute atomic E-state index is 13.0. The second kappa shape index (κ2) is 9.57. The van der Waals surface area contributed by atoms with Gasteiger partial charge in [0.05, 0.1) is 5.92 Å². The molecule has 152 valence electrons. The number of esters is 1. The number of ether oxygens (including phenoxy) is 1. The third kappa shape index (κ3) is 6.83. The number of carbonyl (C=O) groups is 1. The zero-order chi connectivity index (χ0) is 20.8. The van der Waals surface area contributed by atoms with Gasteiger partial charge in [-0.15, -0.1) is 0 Å². The van der Waals surface area contributed by atoms with Gasteiger partial charge in [-0.25, -0.2) is 0 Å². The lowest BCUT2D eigenvalue weighted by Gasteiger charge is -2.30. The fraction of sp³-hybridized carbons (Fsp3) is 0.640. The lowest BCUT2D eigenvalue weighted by Crippen LogP contribution is -2.25. The van der Waals surface area contributed by atoms with Gasteiger partial charge in [0.2, 0.25) is 0 Å². The predicted molar refractivity (Wildman–Crippen MR) is 117 cm³/mol. The van der Waals surface area contributed by atoms with E-state index in [9.17, 15) is 4.79 Å². The zero-order valence-corrected chi connectivity index (χ0v) is 19.0. The van der Waals surface area contributed by atoms with Crippen LogP contribution in [0.5, 0.6) is 5.75 Å². The number of aryl methyl sites for hydroxylation is 1. The third-order valence-electron chi connectivity index (χ3n) is 4.89. The summed E-state index contributed by atoms with van der Waals surface area (Å²) in [6.45, 7) is 19.4. The first-order valence-corrected chi connectivity index (χ1v) is 10.5. The number of hydrogen-bond acceptors (Lipinski definition) is 2. The summed E-state index contributed by atoms with van der Waals surface area (Å²) in [6, 6.07) is 4.33. The topological polar surface area (TPSA) is 26.3 Å². The van der Waals surface area contributed by atoms with Gasteiger partial charge in [0.15, 0.2) is 0 Å². The molecule has 1 atom stereocenters. The number of hydrogen-bond donors (Lipinski definition) is 0. The maximum Gasteiger partial charge on any atom is 0.318 e. The fourth-order valence-corrected chi connectivity index (χ4v) is 3.14. The van der Waals surface area contributed by atoms with Crippen LogP contribution in [0.4, 0.5) is 0 Å². The second-order valence-electron chi connectivity index (χ2n) is 9.70. The number of benzene rings is 1.